The van der Waals surface area contributed by atoms with Gasteiger partial charge in [0.1, 0.15) is 17.2 Å². The van der Waals surface area contributed by atoms with Gasteiger partial charge in [-0.05, 0) is 31.2 Å². The van der Waals surface area contributed by atoms with Crippen molar-refractivity contribution in [1.82, 2.24) is 15.0 Å². The second-order valence-electron chi connectivity index (χ2n) is 4.61. The summed E-state index contributed by atoms with van der Waals surface area (Å²) < 4.78 is 26.3. The van der Waals surface area contributed by atoms with Crippen molar-refractivity contribution in [2.24, 2.45) is 0 Å². The summed E-state index contributed by atoms with van der Waals surface area (Å²) in [7, 11) is 0. The molecule has 2 aromatic heterocycles. The van der Waals surface area contributed by atoms with Crippen molar-refractivity contribution in [2.45, 2.75) is 13.3 Å². The maximum Gasteiger partial charge on any atom is 0.280 e. The van der Waals surface area contributed by atoms with E-state index >= 15 is 0 Å². The summed E-state index contributed by atoms with van der Waals surface area (Å²) in [5.41, 5.74) is 0.0608. The molecule has 0 saturated carbocycles. The van der Waals surface area contributed by atoms with Crippen LogP contribution in [0.1, 0.15) is 28.4 Å². The number of fused-ring (bicyclic) bond motifs is 1. The first-order valence-electron chi connectivity index (χ1n) is 6.43. The molecule has 0 fully saturated rings. The van der Waals surface area contributed by atoms with Gasteiger partial charge in [0.05, 0.1) is 10.2 Å². The number of hydrogen-bond acceptors (Lipinski definition) is 5. The number of nitrogens with one attached hydrogen (secondary N) is 1. The van der Waals surface area contributed by atoms with Crippen LogP contribution in [0.15, 0.2) is 24.3 Å². The first-order chi connectivity index (χ1) is 10.9. The lowest BCUT2D eigenvalue weighted by molar-refractivity contribution is 0.102. The highest BCUT2D eigenvalue weighted by Crippen LogP contribution is 2.28. The lowest BCUT2D eigenvalue weighted by Gasteiger charge is -2.05. The molecule has 0 atom stereocenters. The molecule has 0 aliphatic heterocycles. The third-order valence-corrected chi connectivity index (χ3v) is 4.05. The van der Waals surface area contributed by atoms with E-state index in [1.165, 1.54) is 18.3 Å². The molecule has 0 aliphatic rings. The Morgan fingerprint density at radius 1 is 1.26 bits per heavy atom. The minimum absolute atomic E-state index is 0.101. The lowest BCUT2D eigenvalue weighted by atomic mass is 10.3. The van der Waals surface area contributed by atoms with E-state index < -0.39 is 18.0 Å². The van der Waals surface area contributed by atoms with E-state index in [1.807, 2.05) is 0 Å². The van der Waals surface area contributed by atoms with Crippen molar-refractivity contribution < 1.29 is 13.6 Å². The first kappa shape index (κ1) is 15.7. The summed E-state index contributed by atoms with van der Waals surface area (Å²) in [6.07, 6.45) is -2.77. The summed E-state index contributed by atoms with van der Waals surface area (Å²) in [6, 6.07) is 6.12. The molecule has 23 heavy (non-hydrogen) atoms. The molecule has 118 valence electrons. The molecular weight excluding hydrogens is 346 g/mol. The van der Waals surface area contributed by atoms with Crippen LogP contribution >= 0.6 is 22.9 Å². The number of thiazole rings is 1. The predicted octanol–water partition coefficient (Wildman–Crippen LogP) is 4.24. The summed E-state index contributed by atoms with van der Waals surface area (Å²) in [5.74, 6) is -0.522. The third kappa shape index (κ3) is 3.43. The standard InChI is InChI=1S/C14H9ClF2N4OS/c1-6-18-9(12(16)17)5-10(19-6)13(22)21-14-20-8-3-2-7(15)4-11(8)23-14/h2-5,12H,1H3,(H,20,21,22). The molecule has 1 aromatic carbocycles. The number of aromatic nitrogens is 3. The Labute approximate surface area is 138 Å². The number of benzene rings is 1. The molecule has 2 heterocycles. The van der Waals surface area contributed by atoms with Crippen LogP contribution in [0, 0.1) is 6.92 Å². The van der Waals surface area contributed by atoms with E-state index in [4.69, 9.17) is 11.6 Å². The number of nitrogens with zero attached hydrogens (tertiary/aromatic N) is 3. The second-order valence-corrected chi connectivity index (χ2v) is 6.08. The van der Waals surface area contributed by atoms with Gasteiger partial charge >= 0.3 is 0 Å². The van der Waals surface area contributed by atoms with Gasteiger partial charge in [0.15, 0.2) is 5.13 Å². The van der Waals surface area contributed by atoms with E-state index in [2.05, 4.69) is 20.3 Å². The molecule has 9 heteroatoms. The van der Waals surface area contributed by atoms with Gasteiger partial charge in [-0.3, -0.25) is 10.1 Å². The van der Waals surface area contributed by atoms with Gasteiger partial charge in [-0.2, -0.15) is 0 Å². The van der Waals surface area contributed by atoms with Gasteiger partial charge in [0, 0.05) is 5.02 Å². The number of alkyl halides is 2. The number of halogens is 3. The predicted molar refractivity (Wildman–Crippen MR) is 84.3 cm³/mol. The quantitative estimate of drug-likeness (QED) is 0.764. The van der Waals surface area contributed by atoms with Gasteiger partial charge in [-0.1, -0.05) is 22.9 Å². The van der Waals surface area contributed by atoms with Gasteiger partial charge in [0.25, 0.3) is 12.3 Å². The molecule has 0 radical (unpaired) electrons. The number of hydrogen-bond donors (Lipinski definition) is 1. The maximum atomic E-state index is 12.7. The molecule has 0 spiro atoms. The number of rotatable bonds is 3. The molecule has 1 amide bonds. The van der Waals surface area contributed by atoms with Gasteiger partial charge in [-0.15, -0.1) is 0 Å². The highest BCUT2D eigenvalue weighted by molar-refractivity contribution is 7.22. The number of carbonyl (C=O) groups excluding carboxylic acids is 1. The minimum atomic E-state index is -2.77. The lowest BCUT2D eigenvalue weighted by Crippen LogP contribution is -2.15. The fraction of sp³-hybridized carbons (Fsp3) is 0.143. The van der Waals surface area contributed by atoms with Crippen LogP contribution < -0.4 is 5.32 Å². The minimum Gasteiger partial charge on any atom is -0.296 e. The van der Waals surface area contributed by atoms with E-state index in [1.54, 1.807) is 18.2 Å². The van der Waals surface area contributed by atoms with Crippen molar-refractivity contribution in [2.75, 3.05) is 5.32 Å². The molecule has 3 rings (SSSR count). The highest BCUT2D eigenvalue weighted by Gasteiger charge is 2.17. The van der Waals surface area contributed by atoms with Crippen LogP contribution in [0.2, 0.25) is 5.02 Å². The summed E-state index contributed by atoms with van der Waals surface area (Å²) in [4.78, 5) is 23.9. The van der Waals surface area contributed by atoms with Crippen LogP contribution in [0.25, 0.3) is 10.2 Å². The number of carbonyl (C=O) groups is 1. The van der Waals surface area contributed by atoms with Gasteiger partial charge in [-0.25, -0.2) is 23.7 Å². The normalized spacial score (nSPS) is 11.2. The SMILES string of the molecule is Cc1nc(C(=O)Nc2nc3ccc(Cl)cc3s2)cc(C(F)F)n1. The molecular formula is C14H9ClF2N4OS. The largest absolute Gasteiger partial charge is 0.296 e. The Kier molecular flexibility index (Phi) is 4.18. The summed E-state index contributed by atoms with van der Waals surface area (Å²) in [5, 5.41) is 3.45. The Morgan fingerprint density at radius 2 is 2.04 bits per heavy atom. The van der Waals surface area contributed by atoms with Crippen LogP contribution in [-0.2, 0) is 0 Å². The monoisotopic (exact) mass is 354 g/mol. The van der Waals surface area contributed by atoms with Gasteiger partial charge < -0.3 is 0 Å². The molecule has 0 saturated heterocycles. The smallest absolute Gasteiger partial charge is 0.280 e. The zero-order chi connectivity index (χ0) is 16.6. The number of aryl methyl sites for hydroxylation is 1. The Bertz CT molecular complexity index is 900. The molecule has 5 nitrogen and oxygen atoms in total. The fourth-order valence-corrected chi connectivity index (χ4v) is 3.07. The van der Waals surface area contributed by atoms with Crippen molar-refractivity contribution in [3.05, 3.63) is 46.5 Å². The Morgan fingerprint density at radius 3 is 2.78 bits per heavy atom. The average molecular weight is 355 g/mol. The second kappa shape index (κ2) is 6.13. The van der Waals surface area contributed by atoms with E-state index in [9.17, 15) is 13.6 Å². The molecule has 0 unspecified atom stereocenters. The Balaban J connectivity index is 1.88. The zero-order valence-electron chi connectivity index (χ0n) is 11.7. The summed E-state index contributed by atoms with van der Waals surface area (Å²) in [6.45, 7) is 1.45. The van der Waals surface area contributed by atoms with E-state index in [-0.39, 0.29) is 11.5 Å². The van der Waals surface area contributed by atoms with Crippen LogP contribution in [0.3, 0.4) is 0 Å². The highest BCUT2D eigenvalue weighted by atomic mass is 35.5. The van der Waals surface area contributed by atoms with Crippen molar-refractivity contribution in [3.63, 3.8) is 0 Å². The molecule has 0 aliphatic carbocycles. The Hall–Kier alpha value is -2.19. The topological polar surface area (TPSA) is 67.8 Å². The molecule has 3 aromatic rings. The average Bonchev–Trinajstić information content (AvgIpc) is 2.87. The van der Waals surface area contributed by atoms with Gasteiger partial charge in [0.2, 0.25) is 0 Å². The maximum absolute atomic E-state index is 12.7. The molecule has 1 N–H and O–H groups in total. The van der Waals surface area contributed by atoms with Crippen molar-refractivity contribution in [3.8, 4) is 0 Å². The van der Waals surface area contributed by atoms with Crippen molar-refractivity contribution >= 4 is 44.2 Å². The van der Waals surface area contributed by atoms with E-state index in [0.29, 0.717) is 15.7 Å². The first-order valence-corrected chi connectivity index (χ1v) is 7.63. The zero-order valence-corrected chi connectivity index (χ0v) is 13.3. The third-order valence-electron chi connectivity index (χ3n) is 2.88. The van der Waals surface area contributed by atoms with E-state index in [0.717, 1.165) is 10.8 Å². The number of amides is 1. The number of anilines is 1. The van der Waals surface area contributed by atoms with Crippen LogP contribution in [-0.4, -0.2) is 20.9 Å². The van der Waals surface area contributed by atoms with Crippen LogP contribution in [0.5, 0.6) is 0 Å². The van der Waals surface area contributed by atoms with Crippen LogP contribution in [0.4, 0.5) is 13.9 Å². The fourth-order valence-electron chi connectivity index (χ4n) is 1.93. The summed E-state index contributed by atoms with van der Waals surface area (Å²) >= 11 is 7.13. The molecule has 0 bridgehead atoms. The van der Waals surface area contributed by atoms with Crippen molar-refractivity contribution in [1.29, 1.82) is 0 Å².